The largest absolute Gasteiger partial charge is 0.496 e. The van der Waals surface area contributed by atoms with Crippen LogP contribution < -0.4 is 10.1 Å². The predicted molar refractivity (Wildman–Crippen MR) is 101 cm³/mol. The normalized spacial score (nSPS) is 11.6. The first-order chi connectivity index (χ1) is 13.4. The van der Waals surface area contributed by atoms with Crippen LogP contribution in [-0.2, 0) is 9.53 Å². The molecule has 0 saturated carbocycles. The average Bonchev–Trinajstić information content (AvgIpc) is 3.12. The van der Waals surface area contributed by atoms with Gasteiger partial charge in [-0.2, -0.15) is 0 Å². The molecule has 0 unspecified atom stereocenters. The third-order valence-corrected chi connectivity index (χ3v) is 4.12. The number of carbonyl (C=O) groups is 2. The maximum atomic E-state index is 12.4. The number of methoxy groups -OCH3 is 1. The van der Waals surface area contributed by atoms with Crippen molar-refractivity contribution in [2.24, 2.45) is 0 Å². The number of nitro benzene ring substituents is 1. The van der Waals surface area contributed by atoms with E-state index < -0.39 is 22.9 Å². The molecule has 0 spiro atoms. The van der Waals surface area contributed by atoms with Crippen LogP contribution in [0.25, 0.3) is 10.9 Å². The fourth-order valence-corrected chi connectivity index (χ4v) is 2.65. The molecule has 0 aliphatic heterocycles. The number of benzene rings is 2. The van der Waals surface area contributed by atoms with Crippen molar-refractivity contribution in [3.63, 3.8) is 0 Å². The van der Waals surface area contributed by atoms with Gasteiger partial charge >= 0.3 is 5.97 Å². The van der Waals surface area contributed by atoms with E-state index >= 15 is 0 Å². The van der Waals surface area contributed by atoms with Gasteiger partial charge < -0.3 is 19.8 Å². The number of amides is 1. The molecule has 0 saturated heterocycles. The van der Waals surface area contributed by atoms with Crippen molar-refractivity contribution in [3.8, 4) is 5.75 Å². The summed E-state index contributed by atoms with van der Waals surface area (Å²) in [6.45, 7) is 1.39. The topological polar surface area (TPSA) is 124 Å². The summed E-state index contributed by atoms with van der Waals surface area (Å²) in [5.41, 5.74) is 0.708. The molecule has 0 radical (unpaired) electrons. The second-order valence-corrected chi connectivity index (χ2v) is 5.92. The Morgan fingerprint density at radius 2 is 1.96 bits per heavy atom. The van der Waals surface area contributed by atoms with E-state index in [9.17, 15) is 19.7 Å². The van der Waals surface area contributed by atoms with Gasteiger partial charge in [-0.25, -0.2) is 4.79 Å². The van der Waals surface area contributed by atoms with Crippen LogP contribution in [0, 0.1) is 10.1 Å². The number of H-pyrrole nitrogens is 1. The van der Waals surface area contributed by atoms with Gasteiger partial charge in [0.05, 0.1) is 23.7 Å². The molecule has 9 heteroatoms. The van der Waals surface area contributed by atoms with Gasteiger partial charge in [0.25, 0.3) is 11.6 Å². The van der Waals surface area contributed by atoms with Crippen molar-refractivity contribution >= 4 is 34.2 Å². The maximum Gasteiger partial charge on any atom is 0.341 e. The summed E-state index contributed by atoms with van der Waals surface area (Å²) in [5.74, 6) is -1.09. The minimum absolute atomic E-state index is 0.0224. The molecule has 9 nitrogen and oxygen atoms in total. The highest BCUT2D eigenvalue weighted by Gasteiger charge is 2.24. The number of hydrogen-bond donors (Lipinski definition) is 2. The number of nitrogens with zero attached hydrogens (tertiary/aromatic N) is 1. The van der Waals surface area contributed by atoms with E-state index in [1.165, 1.54) is 38.4 Å². The third-order valence-electron chi connectivity index (χ3n) is 4.12. The summed E-state index contributed by atoms with van der Waals surface area (Å²) >= 11 is 0. The molecule has 0 fully saturated rings. The first-order valence-electron chi connectivity index (χ1n) is 8.31. The minimum atomic E-state index is -1.16. The average molecular weight is 383 g/mol. The van der Waals surface area contributed by atoms with E-state index in [0.29, 0.717) is 10.9 Å². The number of fused-ring (bicyclic) bond motifs is 1. The molecule has 0 aliphatic carbocycles. The Morgan fingerprint density at radius 1 is 1.21 bits per heavy atom. The fourth-order valence-electron chi connectivity index (χ4n) is 2.65. The Hall–Kier alpha value is -3.88. The van der Waals surface area contributed by atoms with Gasteiger partial charge in [0, 0.05) is 17.1 Å². The minimum Gasteiger partial charge on any atom is -0.496 e. The summed E-state index contributed by atoms with van der Waals surface area (Å²) in [7, 11) is 1.38. The van der Waals surface area contributed by atoms with E-state index in [0.717, 1.165) is 5.52 Å². The lowest BCUT2D eigenvalue weighted by molar-refractivity contribution is -0.384. The Labute approximate surface area is 159 Å². The van der Waals surface area contributed by atoms with E-state index in [1.807, 2.05) is 12.1 Å². The van der Waals surface area contributed by atoms with Crippen LogP contribution in [0.1, 0.15) is 17.3 Å². The summed E-state index contributed by atoms with van der Waals surface area (Å²) in [6, 6.07) is 11.2. The smallest absolute Gasteiger partial charge is 0.341 e. The Kier molecular flexibility index (Phi) is 5.25. The zero-order chi connectivity index (χ0) is 20.3. The van der Waals surface area contributed by atoms with Gasteiger partial charge in [-0.3, -0.25) is 14.9 Å². The Balaban J connectivity index is 1.73. The molecule has 144 valence electrons. The number of nitrogens with one attached hydrogen (secondary N) is 2. The fraction of sp³-hybridized carbons (Fsp3) is 0.158. The number of para-hydroxylation sites is 1. The lowest BCUT2D eigenvalue weighted by Crippen LogP contribution is -2.30. The molecule has 1 atom stereocenters. The van der Waals surface area contributed by atoms with Crippen molar-refractivity contribution in [1.29, 1.82) is 0 Å². The SMILES string of the molecule is COc1ccc(NC(=O)[C@H](C)OC(=O)c2c[nH]c3ccccc23)c([N+](=O)[O-])c1. The first kappa shape index (κ1) is 18.9. The highest BCUT2D eigenvalue weighted by Crippen LogP contribution is 2.29. The van der Waals surface area contributed by atoms with Crippen LogP contribution in [0.5, 0.6) is 5.75 Å². The van der Waals surface area contributed by atoms with Crippen molar-refractivity contribution in [1.82, 2.24) is 4.98 Å². The number of esters is 1. The number of hydrogen-bond acceptors (Lipinski definition) is 6. The highest BCUT2D eigenvalue weighted by atomic mass is 16.6. The highest BCUT2D eigenvalue weighted by molar-refractivity contribution is 6.05. The van der Waals surface area contributed by atoms with Crippen LogP contribution in [0.4, 0.5) is 11.4 Å². The molecule has 3 aromatic rings. The van der Waals surface area contributed by atoms with Gasteiger partial charge in [-0.15, -0.1) is 0 Å². The maximum absolute atomic E-state index is 12.4. The van der Waals surface area contributed by atoms with Crippen LogP contribution in [0.15, 0.2) is 48.7 Å². The molecular weight excluding hydrogens is 366 g/mol. The molecule has 2 aromatic carbocycles. The second kappa shape index (κ2) is 7.78. The van der Waals surface area contributed by atoms with Gasteiger partial charge in [-0.05, 0) is 25.1 Å². The third kappa shape index (κ3) is 3.78. The predicted octanol–water partition coefficient (Wildman–Crippen LogP) is 3.27. The Morgan fingerprint density at radius 3 is 2.68 bits per heavy atom. The number of carbonyl (C=O) groups excluding carboxylic acids is 2. The molecule has 3 rings (SSSR count). The molecule has 2 N–H and O–H groups in total. The summed E-state index contributed by atoms with van der Waals surface area (Å²) in [4.78, 5) is 38.3. The van der Waals surface area contributed by atoms with E-state index in [-0.39, 0.29) is 17.1 Å². The number of anilines is 1. The molecule has 1 amide bonds. The van der Waals surface area contributed by atoms with Crippen molar-refractivity contribution < 1.29 is 24.0 Å². The van der Waals surface area contributed by atoms with Gasteiger partial charge in [-0.1, -0.05) is 18.2 Å². The molecule has 0 aliphatic rings. The van der Waals surface area contributed by atoms with E-state index in [1.54, 1.807) is 12.1 Å². The second-order valence-electron chi connectivity index (χ2n) is 5.92. The van der Waals surface area contributed by atoms with Crippen molar-refractivity contribution in [2.45, 2.75) is 13.0 Å². The van der Waals surface area contributed by atoms with E-state index in [4.69, 9.17) is 9.47 Å². The molecule has 1 heterocycles. The number of nitro groups is 1. The van der Waals surface area contributed by atoms with Gasteiger partial charge in [0.1, 0.15) is 11.4 Å². The zero-order valence-electron chi connectivity index (χ0n) is 15.1. The van der Waals surface area contributed by atoms with Crippen LogP contribution in [-0.4, -0.2) is 35.0 Å². The lowest BCUT2D eigenvalue weighted by Gasteiger charge is -2.13. The zero-order valence-corrected chi connectivity index (χ0v) is 15.1. The lowest BCUT2D eigenvalue weighted by atomic mass is 10.2. The summed E-state index contributed by atoms with van der Waals surface area (Å²) in [6.07, 6.45) is 0.342. The van der Waals surface area contributed by atoms with Crippen molar-refractivity contribution in [3.05, 3.63) is 64.3 Å². The summed E-state index contributed by atoms with van der Waals surface area (Å²) < 4.78 is 10.2. The van der Waals surface area contributed by atoms with Crippen molar-refractivity contribution in [2.75, 3.05) is 12.4 Å². The molecular formula is C19H17N3O6. The van der Waals surface area contributed by atoms with Gasteiger partial charge in [0.15, 0.2) is 6.10 Å². The van der Waals surface area contributed by atoms with Crippen LogP contribution in [0.2, 0.25) is 0 Å². The van der Waals surface area contributed by atoms with Crippen LogP contribution >= 0.6 is 0 Å². The number of aromatic nitrogens is 1. The molecule has 0 bridgehead atoms. The van der Waals surface area contributed by atoms with E-state index in [2.05, 4.69) is 10.3 Å². The van der Waals surface area contributed by atoms with Gasteiger partial charge in [0.2, 0.25) is 0 Å². The Bertz CT molecular complexity index is 1060. The first-order valence-corrected chi connectivity index (χ1v) is 8.31. The summed E-state index contributed by atoms with van der Waals surface area (Å²) in [5, 5.41) is 14.3. The molecule has 28 heavy (non-hydrogen) atoms. The molecule has 1 aromatic heterocycles. The number of ether oxygens (including phenoxy) is 2. The standard InChI is InChI=1S/C19H17N3O6/c1-11(28-19(24)14-10-20-15-6-4-3-5-13(14)15)18(23)21-16-8-7-12(27-2)9-17(16)22(25)26/h3-11,20H,1-2H3,(H,21,23)/t11-/m0/s1. The quantitative estimate of drug-likeness (QED) is 0.382. The number of aromatic amines is 1. The van der Waals surface area contributed by atoms with Crippen LogP contribution in [0.3, 0.4) is 0 Å². The monoisotopic (exact) mass is 383 g/mol. The number of rotatable bonds is 6.